The first-order chi connectivity index (χ1) is 25.6. The molecule has 55 heavy (non-hydrogen) atoms. The van der Waals surface area contributed by atoms with Gasteiger partial charge in [-0.15, -0.1) is 0 Å². The van der Waals surface area contributed by atoms with E-state index in [1.165, 1.54) is 31.4 Å². The lowest BCUT2D eigenvalue weighted by molar-refractivity contribution is -0.149. The average molecular weight is 793 g/mol. The normalized spacial score (nSPS) is 43.2. The summed E-state index contributed by atoms with van der Waals surface area (Å²) >= 11 is 0. The van der Waals surface area contributed by atoms with Crippen molar-refractivity contribution in [2.24, 2.45) is 57.2 Å². The topological polar surface area (TPSA) is 113 Å². The second-order valence-electron chi connectivity index (χ2n) is 19.1. The molecule has 0 N–H and O–H groups in total. The summed E-state index contributed by atoms with van der Waals surface area (Å²) in [6.45, 7) is 11.7. The first-order valence-electron chi connectivity index (χ1n) is 20.6. The fraction of sp³-hybridized carbons (Fsp3) is 0.791. The van der Waals surface area contributed by atoms with Crippen molar-refractivity contribution < 1.29 is 49.6 Å². The smallest absolute Gasteiger partial charge is 0.462 e. The van der Waals surface area contributed by atoms with Crippen LogP contribution in [0.3, 0.4) is 0 Å². The molecule has 0 aromatic heterocycles. The summed E-state index contributed by atoms with van der Waals surface area (Å²) < 4.78 is 77.4. The lowest BCUT2D eigenvalue weighted by atomic mass is 9.48. The molecule has 8 aliphatic carbocycles. The van der Waals surface area contributed by atoms with Crippen LogP contribution in [0.15, 0.2) is 35.1 Å². The van der Waals surface area contributed by atoms with E-state index in [-0.39, 0.29) is 58.0 Å². The Morgan fingerprint density at radius 1 is 0.655 bits per heavy atom. The number of hydrogen-bond acceptors (Lipinski definition) is 8. The van der Waals surface area contributed by atoms with E-state index in [0.29, 0.717) is 42.3 Å². The number of ketones is 1. The van der Waals surface area contributed by atoms with Gasteiger partial charge in [0, 0.05) is 43.9 Å². The molecule has 0 bridgehead atoms. The molecule has 8 aliphatic rings. The number of esters is 2. The SMILES string of the molecule is CC(=O)O[C@H]1CC[C@@]2(C)C(=CC[C@@H]3[C@@H]2CC[C@]2(C)C(=O)CC[C@@H]32)C1.CC(=O)O[C@H]1CC[C@@]2(C)C(=CC[C@@H]3[C@@H]2CC[C@]2(C)C(OS(=O)(=O)C(F)(F)F)=CC[C@@H]32)C1. The molecule has 12 heteroatoms. The molecule has 0 spiro atoms. The highest BCUT2D eigenvalue weighted by Crippen LogP contribution is 2.66. The van der Waals surface area contributed by atoms with Crippen LogP contribution in [0.25, 0.3) is 0 Å². The highest BCUT2D eigenvalue weighted by molar-refractivity contribution is 7.87. The van der Waals surface area contributed by atoms with Crippen molar-refractivity contribution in [2.75, 3.05) is 0 Å². The molecule has 0 unspecified atom stereocenters. The first kappa shape index (κ1) is 40.6. The Bertz CT molecular complexity index is 1800. The number of carbonyl (C=O) groups excluding carboxylic acids is 3. The van der Waals surface area contributed by atoms with E-state index in [1.807, 2.05) is 6.92 Å². The summed E-state index contributed by atoms with van der Waals surface area (Å²) in [4.78, 5) is 35.1. The van der Waals surface area contributed by atoms with Gasteiger partial charge >= 0.3 is 27.6 Å². The number of ether oxygens (including phenoxy) is 2. The molecule has 0 amide bonds. The zero-order valence-corrected chi connectivity index (χ0v) is 34.1. The van der Waals surface area contributed by atoms with Crippen LogP contribution in [0.2, 0.25) is 0 Å². The fourth-order valence-corrected chi connectivity index (χ4v) is 14.1. The molecular weight excluding hydrogens is 734 g/mol. The number of alkyl halides is 3. The average Bonchev–Trinajstić information content (AvgIpc) is 3.59. The van der Waals surface area contributed by atoms with Crippen LogP contribution in [-0.4, -0.2) is 43.9 Å². The molecule has 8 rings (SSSR count). The Kier molecular flexibility index (Phi) is 10.3. The Morgan fingerprint density at radius 3 is 1.60 bits per heavy atom. The monoisotopic (exact) mass is 792 g/mol. The zero-order valence-electron chi connectivity index (χ0n) is 33.3. The Labute approximate surface area is 324 Å². The minimum atomic E-state index is -5.67. The van der Waals surface area contributed by atoms with Gasteiger partial charge in [-0.3, -0.25) is 14.4 Å². The van der Waals surface area contributed by atoms with Gasteiger partial charge in [-0.2, -0.15) is 21.6 Å². The molecule has 8 nitrogen and oxygen atoms in total. The second kappa shape index (κ2) is 14.0. The van der Waals surface area contributed by atoms with Gasteiger partial charge in [0.15, 0.2) is 0 Å². The predicted octanol–water partition coefficient (Wildman–Crippen LogP) is 9.69. The molecular formula is C43H59F3O8S. The molecule has 0 radical (unpaired) electrons. The number of allylic oxidation sites excluding steroid dienone is 4. The number of halogens is 3. The van der Waals surface area contributed by atoms with Crippen molar-refractivity contribution in [3.05, 3.63) is 35.1 Å². The fourth-order valence-electron chi connectivity index (χ4n) is 13.5. The van der Waals surface area contributed by atoms with Crippen molar-refractivity contribution >= 4 is 27.8 Å². The van der Waals surface area contributed by atoms with Crippen molar-refractivity contribution in [2.45, 2.75) is 156 Å². The Hall–Kier alpha value is -2.63. The summed E-state index contributed by atoms with van der Waals surface area (Å²) in [6.07, 6.45) is 19.7. The van der Waals surface area contributed by atoms with Crippen LogP contribution >= 0.6 is 0 Å². The maximum Gasteiger partial charge on any atom is 0.534 e. The molecule has 5 fully saturated rings. The number of Topliss-reactive ketones (excluding diaryl/α,β-unsaturated/α-hetero) is 1. The van der Waals surface area contributed by atoms with Crippen molar-refractivity contribution in [3.63, 3.8) is 0 Å². The van der Waals surface area contributed by atoms with Gasteiger partial charge in [-0.05, 0) is 129 Å². The summed E-state index contributed by atoms with van der Waals surface area (Å²) in [7, 11) is -5.67. The maximum absolute atomic E-state index is 12.9. The van der Waals surface area contributed by atoms with Gasteiger partial charge < -0.3 is 13.7 Å². The first-order valence-corrected chi connectivity index (χ1v) is 22.0. The molecule has 306 valence electrons. The molecule has 0 heterocycles. The van der Waals surface area contributed by atoms with Gasteiger partial charge in [0.05, 0.1) is 0 Å². The third kappa shape index (κ3) is 6.83. The minimum Gasteiger partial charge on any atom is -0.462 e. The number of carbonyl (C=O) groups is 3. The van der Waals surface area contributed by atoms with Crippen molar-refractivity contribution in [3.8, 4) is 0 Å². The van der Waals surface area contributed by atoms with Crippen LogP contribution in [0.4, 0.5) is 13.2 Å². The number of fused-ring (bicyclic) bond motifs is 10. The van der Waals surface area contributed by atoms with Crippen LogP contribution in [-0.2, 0) is 38.2 Å². The van der Waals surface area contributed by atoms with Crippen molar-refractivity contribution in [1.29, 1.82) is 0 Å². The van der Waals surface area contributed by atoms with E-state index in [2.05, 4.69) is 37.1 Å². The zero-order chi connectivity index (χ0) is 39.9. The third-order valence-corrected chi connectivity index (χ3v) is 17.5. The molecule has 0 aromatic carbocycles. The van der Waals surface area contributed by atoms with Gasteiger partial charge in [-0.1, -0.05) is 51.0 Å². The van der Waals surface area contributed by atoms with E-state index in [0.717, 1.165) is 77.0 Å². The van der Waals surface area contributed by atoms with Gasteiger partial charge in [-0.25, -0.2) is 0 Å². The number of rotatable bonds is 4. The highest BCUT2D eigenvalue weighted by Gasteiger charge is 2.61. The van der Waals surface area contributed by atoms with E-state index < -0.39 is 21.0 Å². The summed E-state index contributed by atoms with van der Waals surface area (Å²) in [5, 5.41) is 0. The molecule has 0 aliphatic heterocycles. The molecule has 5 saturated carbocycles. The van der Waals surface area contributed by atoms with E-state index in [1.54, 1.807) is 6.08 Å². The third-order valence-electron chi connectivity index (χ3n) is 16.5. The number of hydrogen-bond donors (Lipinski definition) is 0. The molecule has 12 atom stereocenters. The quantitative estimate of drug-likeness (QED) is 0.120. The van der Waals surface area contributed by atoms with Crippen LogP contribution < -0.4 is 0 Å². The Morgan fingerprint density at radius 2 is 1.11 bits per heavy atom. The van der Waals surface area contributed by atoms with Crippen molar-refractivity contribution in [1.82, 2.24) is 0 Å². The van der Waals surface area contributed by atoms with E-state index >= 15 is 0 Å². The lowest BCUT2D eigenvalue weighted by Crippen LogP contribution is -2.50. The van der Waals surface area contributed by atoms with Crippen LogP contribution in [0.5, 0.6) is 0 Å². The maximum atomic E-state index is 12.9. The largest absolute Gasteiger partial charge is 0.534 e. The van der Waals surface area contributed by atoms with Gasteiger partial charge in [0.1, 0.15) is 23.8 Å². The highest BCUT2D eigenvalue weighted by atomic mass is 32.2. The summed E-state index contributed by atoms with van der Waals surface area (Å²) in [6, 6.07) is 0. The molecule has 0 saturated heterocycles. The van der Waals surface area contributed by atoms with Crippen LogP contribution in [0, 0.1) is 57.2 Å². The summed E-state index contributed by atoms with van der Waals surface area (Å²) in [5.41, 5.74) is -3.12. The minimum absolute atomic E-state index is 0.0252. The van der Waals surface area contributed by atoms with Gasteiger partial charge in [0.2, 0.25) is 0 Å². The van der Waals surface area contributed by atoms with E-state index in [9.17, 15) is 36.0 Å². The Balaban J connectivity index is 0.000000174. The van der Waals surface area contributed by atoms with E-state index in [4.69, 9.17) is 9.47 Å². The van der Waals surface area contributed by atoms with Gasteiger partial charge in [0.25, 0.3) is 0 Å². The van der Waals surface area contributed by atoms with Crippen LogP contribution in [0.1, 0.15) is 138 Å². The molecule has 0 aromatic rings. The standard InChI is InChI=1S/C22H29F3O5S.C21H30O3/c1-13(26)29-15-8-10-20(2)14(12-15)4-5-16-17-6-7-19(21(17,3)11-9-18(16)20)30-31(27,28)22(23,24)25;1-13(22)24-15-8-10-20(2)14(12-15)4-5-16-17-6-7-19(23)21(17,3)11-9-18(16)20/h4,7,15-18H,5-6,8-12H2,1-3H3;4,15-18H,5-12H2,1-3H3/t2*15-,16-,17-,18-,20-,21-/m00/s1. The lowest BCUT2D eigenvalue weighted by Gasteiger charge is -2.57. The predicted molar refractivity (Wildman–Crippen MR) is 199 cm³/mol. The second-order valence-corrected chi connectivity index (χ2v) is 20.7. The summed E-state index contributed by atoms with van der Waals surface area (Å²) in [5.74, 6) is 2.69.